The van der Waals surface area contributed by atoms with Gasteiger partial charge in [0.05, 0.1) is 6.54 Å². The minimum atomic E-state index is -0.0252. The Kier molecular flexibility index (Phi) is 6.20. The van der Waals surface area contributed by atoms with E-state index in [1.807, 2.05) is 0 Å². The predicted molar refractivity (Wildman–Crippen MR) is 82.3 cm³/mol. The molecule has 1 fully saturated rings. The van der Waals surface area contributed by atoms with E-state index in [0.717, 1.165) is 26.2 Å². The van der Waals surface area contributed by atoms with E-state index in [1.54, 1.807) is 13.0 Å². The van der Waals surface area contributed by atoms with Crippen molar-refractivity contribution in [1.82, 2.24) is 15.0 Å². The zero-order valence-electron chi connectivity index (χ0n) is 13.1. The summed E-state index contributed by atoms with van der Waals surface area (Å²) in [6.07, 6.45) is 3.85. The Morgan fingerprint density at radius 3 is 2.62 bits per heavy atom. The molecule has 1 aromatic heterocycles. The largest absolute Gasteiger partial charge is 0.360 e. The highest BCUT2D eigenvalue weighted by molar-refractivity contribution is 5.91. The lowest BCUT2D eigenvalue weighted by atomic mass is 10.2. The first kappa shape index (κ1) is 16.0. The minimum Gasteiger partial charge on any atom is -0.360 e. The topological polar surface area (TPSA) is 61.6 Å². The van der Waals surface area contributed by atoms with Crippen molar-refractivity contribution in [2.24, 2.45) is 0 Å². The van der Waals surface area contributed by atoms with E-state index in [-0.39, 0.29) is 5.91 Å². The molecule has 0 saturated carbocycles. The van der Waals surface area contributed by atoms with Crippen molar-refractivity contribution in [3.05, 3.63) is 11.8 Å². The predicted octanol–water partition coefficient (Wildman–Crippen LogP) is 1.73. The van der Waals surface area contributed by atoms with Gasteiger partial charge >= 0.3 is 0 Å². The van der Waals surface area contributed by atoms with Crippen LogP contribution in [0, 0.1) is 6.92 Å². The van der Waals surface area contributed by atoms with E-state index in [4.69, 9.17) is 4.52 Å². The summed E-state index contributed by atoms with van der Waals surface area (Å²) in [5.41, 5.74) is 0. The Morgan fingerprint density at radius 2 is 2.00 bits per heavy atom. The Labute approximate surface area is 126 Å². The molecule has 2 heterocycles. The van der Waals surface area contributed by atoms with Crippen molar-refractivity contribution in [3.8, 4) is 0 Å². The maximum atomic E-state index is 11.9. The maximum Gasteiger partial charge on any atom is 0.239 e. The highest BCUT2D eigenvalue weighted by Gasteiger charge is 2.18. The average molecular weight is 294 g/mol. The summed E-state index contributed by atoms with van der Waals surface area (Å²) >= 11 is 0. The van der Waals surface area contributed by atoms with Gasteiger partial charge in [0.1, 0.15) is 5.76 Å². The molecule has 1 aliphatic heterocycles. The van der Waals surface area contributed by atoms with Gasteiger partial charge in [-0.2, -0.15) is 0 Å². The molecule has 6 heteroatoms. The molecule has 0 spiro atoms. The number of anilines is 1. The lowest BCUT2D eigenvalue weighted by Crippen LogP contribution is -2.48. The Morgan fingerprint density at radius 1 is 1.29 bits per heavy atom. The molecule has 1 saturated heterocycles. The van der Waals surface area contributed by atoms with Crippen LogP contribution in [0.2, 0.25) is 0 Å². The van der Waals surface area contributed by atoms with E-state index in [2.05, 4.69) is 27.2 Å². The molecule has 1 N–H and O–H groups in total. The fraction of sp³-hybridized carbons (Fsp3) is 0.733. The second-order valence-corrected chi connectivity index (χ2v) is 5.70. The summed E-state index contributed by atoms with van der Waals surface area (Å²) in [5.74, 6) is 1.17. The van der Waals surface area contributed by atoms with Crippen LogP contribution < -0.4 is 5.32 Å². The van der Waals surface area contributed by atoms with Crippen LogP contribution in [0.25, 0.3) is 0 Å². The molecule has 1 amide bonds. The number of aromatic nitrogens is 1. The zero-order chi connectivity index (χ0) is 15.1. The van der Waals surface area contributed by atoms with Gasteiger partial charge in [0, 0.05) is 32.2 Å². The van der Waals surface area contributed by atoms with Gasteiger partial charge in [-0.05, 0) is 19.9 Å². The molecule has 2 rings (SSSR count). The molecule has 1 aliphatic rings. The first-order chi connectivity index (χ1) is 10.2. The summed E-state index contributed by atoms with van der Waals surface area (Å²) in [7, 11) is 0. The second kappa shape index (κ2) is 8.14. The SMILES string of the molecule is CCCCCN1CCN(CC(=O)Nc2cc(C)on2)CC1. The standard InChI is InChI=1S/C15H26N4O2/c1-3-4-5-6-18-7-9-19(10-8-18)12-15(20)16-14-11-13(2)21-17-14/h11H,3-10,12H2,1-2H3,(H,16,17,20). The third-order valence-corrected chi connectivity index (χ3v) is 3.81. The summed E-state index contributed by atoms with van der Waals surface area (Å²) < 4.78 is 4.93. The van der Waals surface area contributed by atoms with E-state index >= 15 is 0 Å². The van der Waals surface area contributed by atoms with Crippen LogP contribution >= 0.6 is 0 Å². The number of amides is 1. The first-order valence-corrected chi connectivity index (χ1v) is 7.85. The smallest absolute Gasteiger partial charge is 0.239 e. The number of hydrogen-bond donors (Lipinski definition) is 1. The fourth-order valence-corrected chi connectivity index (χ4v) is 2.57. The Bertz CT molecular complexity index is 439. The fourth-order valence-electron chi connectivity index (χ4n) is 2.57. The van der Waals surface area contributed by atoms with Crippen LogP contribution in [0.4, 0.5) is 5.82 Å². The van der Waals surface area contributed by atoms with Crippen LogP contribution in [0.5, 0.6) is 0 Å². The van der Waals surface area contributed by atoms with Crippen LogP contribution in [0.15, 0.2) is 10.6 Å². The molecule has 118 valence electrons. The average Bonchev–Trinajstić information content (AvgIpc) is 2.86. The molecule has 0 unspecified atom stereocenters. The summed E-state index contributed by atoms with van der Waals surface area (Å²) in [6.45, 7) is 9.67. The van der Waals surface area contributed by atoms with Gasteiger partial charge in [-0.1, -0.05) is 24.9 Å². The van der Waals surface area contributed by atoms with Gasteiger partial charge in [0.25, 0.3) is 0 Å². The lowest BCUT2D eigenvalue weighted by molar-refractivity contribution is -0.117. The van der Waals surface area contributed by atoms with Crippen molar-refractivity contribution in [1.29, 1.82) is 0 Å². The van der Waals surface area contributed by atoms with Crippen molar-refractivity contribution in [3.63, 3.8) is 0 Å². The number of nitrogens with one attached hydrogen (secondary N) is 1. The molecule has 21 heavy (non-hydrogen) atoms. The number of carbonyl (C=O) groups is 1. The number of piperazine rings is 1. The molecular weight excluding hydrogens is 268 g/mol. The normalized spacial score (nSPS) is 17.0. The molecule has 0 aromatic carbocycles. The molecule has 6 nitrogen and oxygen atoms in total. The van der Waals surface area contributed by atoms with Crippen molar-refractivity contribution >= 4 is 11.7 Å². The lowest BCUT2D eigenvalue weighted by Gasteiger charge is -2.34. The first-order valence-electron chi connectivity index (χ1n) is 7.85. The monoisotopic (exact) mass is 294 g/mol. The van der Waals surface area contributed by atoms with E-state index < -0.39 is 0 Å². The quantitative estimate of drug-likeness (QED) is 0.776. The van der Waals surface area contributed by atoms with Gasteiger partial charge in [0.15, 0.2) is 5.82 Å². The number of nitrogens with zero attached hydrogens (tertiary/aromatic N) is 3. The molecule has 0 atom stereocenters. The van der Waals surface area contributed by atoms with Crippen LogP contribution in [-0.4, -0.2) is 60.1 Å². The van der Waals surface area contributed by atoms with E-state index in [9.17, 15) is 4.79 Å². The van der Waals surface area contributed by atoms with Gasteiger partial charge in [-0.25, -0.2) is 0 Å². The van der Waals surface area contributed by atoms with Gasteiger partial charge < -0.3 is 14.7 Å². The molecule has 0 radical (unpaired) electrons. The van der Waals surface area contributed by atoms with Crippen LogP contribution in [-0.2, 0) is 4.79 Å². The summed E-state index contributed by atoms with van der Waals surface area (Å²) in [5, 5.41) is 6.53. The second-order valence-electron chi connectivity index (χ2n) is 5.70. The minimum absolute atomic E-state index is 0.0252. The maximum absolute atomic E-state index is 11.9. The highest BCUT2D eigenvalue weighted by atomic mass is 16.5. The molecular formula is C15H26N4O2. The van der Waals surface area contributed by atoms with Gasteiger partial charge in [-0.3, -0.25) is 9.69 Å². The number of rotatable bonds is 7. The third-order valence-electron chi connectivity index (χ3n) is 3.81. The van der Waals surface area contributed by atoms with Crippen LogP contribution in [0.3, 0.4) is 0 Å². The molecule has 0 bridgehead atoms. The van der Waals surface area contributed by atoms with Gasteiger partial charge in [0.2, 0.25) is 5.91 Å². The van der Waals surface area contributed by atoms with E-state index in [0.29, 0.717) is 18.1 Å². The van der Waals surface area contributed by atoms with Crippen LogP contribution in [0.1, 0.15) is 31.9 Å². The Balaban J connectivity index is 1.65. The van der Waals surface area contributed by atoms with Crippen molar-refractivity contribution in [2.75, 3.05) is 44.6 Å². The van der Waals surface area contributed by atoms with Gasteiger partial charge in [-0.15, -0.1) is 0 Å². The molecule has 1 aromatic rings. The number of aryl methyl sites for hydroxylation is 1. The zero-order valence-corrected chi connectivity index (χ0v) is 13.1. The Hall–Kier alpha value is -1.40. The van der Waals surface area contributed by atoms with Crippen molar-refractivity contribution in [2.45, 2.75) is 33.1 Å². The number of hydrogen-bond acceptors (Lipinski definition) is 5. The third kappa shape index (κ3) is 5.47. The van der Waals surface area contributed by atoms with Crippen molar-refractivity contribution < 1.29 is 9.32 Å². The van der Waals surface area contributed by atoms with E-state index in [1.165, 1.54) is 25.8 Å². The number of unbranched alkanes of at least 4 members (excludes halogenated alkanes) is 2. The number of carbonyl (C=O) groups excluding carboxylic acids is 1. The summed E-state index contributed by atoms with van der Waals surface area (Å²) in [6, 6.07) is 1.73. The summed E-state index contributed by atoms with van der Waals surface area (Å²) in [4.78, 5) is 16.6. The molecule has 0 aliphatic carbocycles. The highest BCUT2D eigenvalue weighted by Crippen LogP contribution is 2.08.